The van der Waals surface area contributed by atoms with E-state index in [9.17, 15) is 24.3 Å². The number of pyridine rings is 1. The van der Waals surface area contributed by atoms with Gasteiger partial charge in [0.25, 0.3) is 11.5 Å². The molecular formula is C29H26Cl2N6O5. The molecule has 1 aliphatic rings. The minimum absolute atomic E-state index is 0.0472. The summed E-state index contributed by atoms with van der Waals surface area (Å²) in [5.41, 5.74) is 1.94. The topological polar surface area (TPSA) is 147 Å². The number of anilines is 1. The predicted octanol–water partition coefficient (Wildman–Crippen LogP) is 3.59. The van der Waals surface area contributed by atoms with Crippen LogP contribution in [0.15, 0.2) is 59.5 Å². The number of carbonyl (C=O) groups excluding carboxylic acids is 3. The number of amides is 2. The first-order valence-corrected chi connectivity index (χ1v) is 13.7. The molecule has 1 fully saturated rings. The van der Waals surface area contributed by atoms with E-state index in [-0.39, 0.29) is 34.1 Å². The third kappa shape index (κ3) is 5.80. The number of carbonyl (C=O) groups is 3. The Morgan fingerprint density at radius 1 is 1.10 bits per heavy atom. The van der Waals surface area contributed by atoms with Gasteiger partial charge in [-0.15, -0.1) is 0 Å². The van der Waals surface area contributed by atoms with E-state index in [1.807, 2.05) is 0 Å². The van der Waals surface area contributed by atoms with E-state index in [1.54, 1.807) is 48.5 Å². The lowest BCUT2D eigenvalue weighted by Gasteiger charge is -2.15. The monoisotopic (exact) mass is 608 g/mol. The quantitative estimate of drug-likeness (QED) is 0.212. The smallest absolute Gasteiger partial charge is 0.286 e. The number of halogens is 2. The van der Waals surface area contributed by atoms with Crippen LogP contribution in [0.3, 0.4) is 0 Å². The van der Waals surface area contributed by atoms with Crippen LogP contribution < -0.4 is 21.5 Å². The van der Waals surface area contributed by atoms with Gasteiger partial charge in [0.2, 0.25) is 18.2 Å². The second-order valence-corrected chi connectivity index (χ2v) is 10.5. The molecular weight excluding hydrogens is 583 g/mol. The van der Waals surface area contributed by atoms with Crippen LogP contribution in [0.25, 0.3) is 22.4 Å². The zero-order valence-electron chi connectivity index (χ0n) is 22.4. The van der Waals surface area contributed by atoms with Crippen LogP contribution in [-0.4, -0.2) is 50.3 Å². The van der Waals surface area contributed by atoms with Gasteiger partial charge in [-0.25, -0.2) is 4.98 Å². The van der Waals surface area contributed by atoms with E-state index in [2.05, 4.69) is 20.9 Å². The van der Waals surface area contributed by atoms with E-state index in [1.165, 1.54) is 17.9 Å². The molecule has 1 unspecified atom stereocenters. The van der Waals surface area contributed by atoms with Crippen LogP contribution in [0.2, 0.25) is 10.0 Å². The molecule has 2 amide bonds. The number of aryl methyl sites for hydroxylation is 1. The number of nitrogens with zero attached hydrogens (tertiary/aromatic N) is 3. The molecule has 2 aromatic carbocycles. The fourth-order valence-electron chi connectivity index (χ4n) is 4.79. The molecule has 0 radical (unpaired) electrons. The number of hydrogen-bond donors (Lipinski definition) is 4. The van der Waals surface area contributed by atoms with Crippen molar-refractivity contribution in [3.8, 4) is 28.3 Å². The van der Waals surface area contributed by atoms with Gasteiger partial charge in [-0.1, -0.05) is 59.6 Å². The fraction of sp³-hybridized carbons (Fsp3) is 0.207. The highest BCUT2D eigenvalue weighted by Crippen LogP contribution is 2.41. The zero-order valence-corrected chi connectivity index (χ0v) is 23.9. The van der Waals surface area contributed by atoms with Gasteiger partial charge in [0.05, 0.1) is 21.4 Å². The van der Waals surface area contributed by atoms with Crippen molar-refractivity contribution < 1.29 is 19.5 Å². The fourth-order valence-corrected chi connectivity index (χ4v) is 5.39. The molecule has 0 saturated carbocycles. The molecule has 0 bridgehead atoms. The molecule has 2 aromatic heterocycles. The zero-order chi connectivity index (χ0) is 30.0. The Hall–Kier alpha value is -4.45. The lowest BCUT2D eigenvalue weighted by Crippen LogP contribution is -2.35. The molecule has 4 N–H and O–H groups in total. The number of nitrogens with one attached hydrogen (secondary N) is 3. The minimum atomic E-state index is -0.757. The van der Waals surface area contributed by atoms with Crippen LogP contribution in [0.4, 0.5) is 5.69 Å². The van der Waals surface area contributed by atoms with Crippen molar-refractivity contribution in [1.29, 1.82) is 0 Å². The molecule has 42 heavy (non-hydrogen) atoms. The maximum atomic E-state index is 12.8. The van der Waals surface area contributed by atoms with Gasteiger partial charge in [-0.05, 0) is 18.6 Å². The summed E-state index contributed by atoms with van der Waals surface area (Å²) >= 11 is 13.5. The van der Waals surface area contributed by atoms with Crippen molar-refractivity contribution in [2.24, 2.45) is 7.05 Å². The third-order valence-corrected chi connectivity index (χ3v) is 7.81. The van der Waals surface area contributed by atoms with E-state index in [4.69, 9.17) is 23.2 Å². The van der Waals surface area contributed by atoms with Gasteiger partial charge in [0, 0.05) is 61.1 Å². The van der Waals surface area contributed by atoms with E-state index >= 15 is 0 Å². The average Bonchev–Trinajstić information content (AvgIpc) is 3.51. The Balaban J connectivity index is 1.36. The van der Waals surface area contributed by atoms with Gasteiger partial charge in [0.1, 0.15) is 5.56 Å². The number of benzene rings is 2. The van der Waals surface area contributed by atoms with Crippen molar-refractivity contribution in [3.63, 3.8) is 0 Å². The standard InChI is InChI=1S/C29H26Cl2N6O5/c1-36-14-21(29(42)37(36)15-38)28(41)35-23-7-3-5-19(26(23)31)18-4-2-6-20(25(18)30)22-10-8-16(27(40)34-22)12-32-13-17-9-11-24(39)33-17/h2-8,10,14-15,17,32H,9,11-13H2,1H3,(H,33,39)(H,34,40)(H,35,41). The Labute approximate surface area is 250 Å². The molecule has 5 rings (SSSR count). The lowest BCUT2D eigenvalue weighted by atomic mass is 10.00. The summed E-state index contributed by atoms with van der Waals surface area (Å²) in [5.74, 6) is -0.822. The highest BCUT2D eigenvalue weighted by Gasteiger charge is 2.21. The van der Waals surface area contributed by atoms with Crippen molar-refractivity contribution >= 4 is 47.1 Å². The van der Waals surface area contributed by atoms with Crippen LogP contribution in [0.1, 0.15) is 28.8 Å². The van der Waals surface area contributed by atoms with Gasteiger partial charge in [-0.3, -0.25) is 23.9 Å². The van der Waals surface area contributed by atoms with E-state index in [0.29, 0.717) is 58.9 Å². The molecule has 11 nitrogen and oxygen atoms in total. The molecule has 216 valence electrons. The van der Waals surface area contributed by atoms with Gasteiger partial charge in [-0.2, -0.15) is 4.68 Å². The summed E-state index contributed by atoms with van der Waals surface area (Å²) in [5, 5.41) is 19.9. The first-order chi connectivity index (χ1) is 20.2. The van der Waals surface area contributed by atoms with Crippen molar-refractivity contribution in [2.75, 3.05) is 11.9 Å². The first-order valence-electron chi connectivity index (χ1n) is 13.0. The highest BCUT2D eigenvalue weighted by atomic mass is 35.5. The predicted molar refractivity (Wildman–Crippen MR) is 159 cm³/mol. The molecule has 13 heteroatoms. The average molecular weight is 609 g/mol. The minimum Gasteiger partial charge on any atom is -0.493 e. The maximum Gasteiger partial charge on any atom is 0.286 e. The largest absolute Gasteiger partial charge is 0.493 e. The third-order valence-electron chi connectivity index (χ3n) is 7.00. The highest BCUT2D eigenvalue weighted by molar-refractivity contribution is 6.39. The Bertz CT molecular complexity index is 1770. The molecule has 1 aliphatic heterocycles. The van der Waals surface area contributed by atoms with Gasteiger partial charge in [0.15, 0.2) is 0 Å². The number of hydrogen-bond acceptors (Lipinski definition) is 7. The molecule has 1 saturated heterocycles. The van der Waals surface area contributed by atoms with Crippen LogP contribution in [0.5, 0.6) is 5.88 Å². The Morgan fingerprint density at radius 3 is 2.48 bits per heavy atom. The second-order valence-electron chi connectivity index (χ2n) is 9.77. The summed E-state index contributed by atoms with van der Waals surface area (Å²) in [6.45, 7) is 0.961. The van der Waals surface area contributed by atoms with E-state index < -0.39 is 11.5 Å². The van der Waals surface area contributed by atoms with Crippen molar-refractivity contribution in [2.45, 2.75) is 25.4 Å². The van der Waals surface area contributed by atoms with Gasteiger partial charge < -0.3 is 21.1 Å². The maximum absolute atomic E-state index is 12.8. The van der Waals surface area contributed by atoms with Crippen LogP contribution >= 0.6 is 23.2 Å². The number of rotatable bonds is 9. The molecule has 3 heterocycles. The van der Waals surface area contributed by atoms with Crippen LogP contribution in [0, 0.1) is 0 Å². The number of aromatic hydroxyl groups is 1. The van der Waals surface area contributed by atoms with E-state index in [0.717, 1.165) is 11.1 Å². The number of aromatic nitrogens is 3. The Kier molecular flexibility index (Phi) is 8.44. The summed E-state index contributed by atoms with van der Waals surface area (Å²) in [4.78, 5) is 52.1. The van der Waals surface area contributed by atoms with Crippen molar-refractivity contribution in [1.82, 2.24) is 25.0 Å². The SMILES string of the molecule is Cn1cc(C(=O)Nc2cccc(-c3cccc(-c4ccc(CNCC5CCC(=O)N5)c(O)n4)c3Cl)c2Cl)c(=O)n1C=O. The summed E-state index contributed by atoms with van der Waals surface area (Å²) in [7, 11) is 1.47. The molecule has 4 aromatic rings. The Morgan fingerprint density at radius 2 is 1.81 bits per heavy atom. The van der Waals surface area contributed by atoms with Crippen LogP contribution in [-0.2, 0) is 23.2 Å². The molecule has 1 atom stereocenters. The normalized spacial score (nSPS) is 14.5. The summed E-state index contributed by atoms with van der Waals surface area (Å²) < 4.78 is 1.98. The summed E-state index contributed by atoms with van der Waals surface area (Å²) in [6.07, 6.45) is 2.87. The molecule has 0 aliphatic carbocycles. The summed E-state index contributed by atoms with van der Waals surface area (Å²) in [6, 6.07) is 13.9. The van der Waals surface area contributed by atoms with Crippen molar-refractivity contribution in [3.05, 3.63) is 86.3 Å². The van der Waals surface area contributed by atoms with Gasteiger partial charge >= 0.3 is 0 Å². The second kappa shape index (κ2) is 12.2. The first kappa shape index (κ1) is 29.1. The lowest BCUT2D eigenvalue weighted by molar-refractivity contribution is -0.119. The molecule has 0 spiro atoms.